The van der Waals surface area contributed by atoms with Gasteiger partial charge in [-0.05, 0) is 64.0 Å². The van der Waals surface area contributed by atoms with Crippen molar-refractivity contribution in [2.75, 3.05) is 33.5 Å². The Hall–Kier alpha value is -3.74. The highest BCUT2D eigenvalue weighted by molar-refractivity contribution is 6.25. The van der Waals surface area contributed by atoms with Gasteiger partial charge in [0, 0.05) is 11.5 Å². The lowest BCUT2D eigenvalue weighted by molar-refractivity contribution is -0.148. The number of amides is 2. The maximum absolute atomic E-state index is 13.9. The molecular weight excluding hydrogens is 532 g/mol. The number of aromatic hydroxyl groups is 1. The van der Waals surface area contributed by atoms with Crippen molar-refractivity contribution in [2.24, 2.45) is 23.0 Å². The number of fused-ring (bicyclic) bond motifs is 3. The molecule has 5 atom stereocenters. The molecular formula is C29H38N4O8. The van der Waals surface area contributed by atoms with Crippen LogP contribution in [0.3, 0.4) is 0 Å². The van der Waals surface area contributed by atoms with E-state index in [0.29, 0.717) is 5.56 Å². The first-order valence-electron chi connectivity index (χ1n) is 13.3. The lowest BCUT2D eigenvalue weighted by atomic mass is 9.58. The van der Waals surface area contributed by atoms with Gasteiger partial charge in [0.2, 0.25) is 11.7 Å². The van der Waals surface area contributed by atoms with E-state index >= 15 is 0 Å². The molecule has 1 aromatic carbocycles. The molecule has 2 amide bonds. The molecule has 12 nitrogen and oxygen atoms in total. The van der Waals surface area contributed by atoms with Crippen LogP contribution in [0.15, 0.2) is 34.8 Å². The molecule has 0 radical (unpaired) electrons. The Bertz CT molecular complexity index is 1420. The van der Waals surface area contributed by atoms with E-state index in [0.717, 1.165) is 0 Å². The van der Waals surface area contributed by atoms with Gasteiger partial charge in [0.05, 0.1) is 23.3 Å². The Kier molecular flexibility index (Phi) is 7.35. The van der Waals surface area contributed by atoms with Crippen molar-refractivity contribution in [3.05, 3.63) is 45.9 Å². The molecule has 12 heteroatoms. The van der Waals surface area contributed by atoms with Crippen LogP contribution < -0.4 is 11.1 Å². The lowest BCUT2D eigenvalue weighted by Gasteiger charge is -2.50. The summed E-state index contributed by atoms with van der Waals surface area (Å²) in [7, 11) is 6.66. The van der Waals surface area contributed by atoms with Gasteiger partial charge in [0.25, 0.3) is 5.91 Å². The zero-order valence-corrected chi connectivity index (χ0v) is 24.3. The van der Waals surface area contributed by atoms with E-state index in [1.54, 1.807) is 39.2 Å². The number of nitrogens with two attached hydrogens (primary N) is 1. The molecule has 0 aliphatic heterocycles. The van der Waals surface area contributed by atoms with Gasteiger partial charge in [0.1, 0.15) is 17.1 Å². The molecule has 3 aliphatic rings. The molecule has 0 aromatic heterocycles. The monoisotopic (exact) mass is 570 g/mol. The quantitative estimate of drug-likeness (QED) is 0.220. The largest absolute Gasteiger partial charge is 0.510 e. The molecule has 0 saturated carbocycles. The van der Waals surface area contributed by atoms with Crippen molar-refractivity contribution in [3.63, 3.8) is 0 Å². The molecule has 4 rings (SSSR count). The first-order chi connectivity index (χ1) is 18.8. The number of hydrogen-bond donors (Lipinski definition) is 6. The number of allylic oxidation sites excluding steroid dienone is 1. The van der Waals surface area contributed by atoms with Gasteiger partial charge in [-0.15, -0.1) is 0 Å². The smallest absolute Gasteiger partial charge is 0.255 e. The molecule has 0 heterocycles. The number of phenols is 1. The number of nitrogens with one attached hydrogen (secondary N) is 1. The highest BCUT2D eigenvalue weighted by atomic mass is 16.3. The zero-order chi connectivity index (χ0) is 30.9. The van der Waals surface area contributed by atoms with Crippen molar-refractivity contribution in [1.82, 2.24) is 9.80 Å². The van der Waals surface area contributed by atoms with Crippen LogP contribution in [0.5, 0.6) is 5.75 Å². The number of aliphatic hydroxyl groups is 3. The molecule has 222 valence electrons. The summed E-state index contributed by atoms with van der Waals surface area (Å²) in [5.74, 6) is -7.62. The van der Waals surface area contributed by atoms with Crippen LogP contribution in [0.1, 0.15) is 43.1 Å². The normalized spacial score (nSPS) is 27.0. The topological polar surface area (TPSA) is 194 Å². The number of rotatable bonds is 5. The van der Waals surface area contributed by atoms with E-state index < -0.39 is 81.2 Å². The maximum atomic E-state index is 13.9. The van der Waals surface area contributed by atoms with E-state index in [-0.39, 0.29) is 29.7 Å². The highest BCUT2D eigenvalue weighted by Gasteiger charge is 2.63. The first kappa shape index (κ1) is 30.2. The summed E-state index contributed by atoms with van der Waals surface area (Å²) in [5.41, 5.74) is 1.37. The average molecular weight is 571 g/mol. The second-order valence-electron chi connectivity index (χ2n) is 12.7. The van der Waals surface area contributed by atoms with Crippen LogP contribution in [0.2, 0.25) is 0 Å². The van der Waals surface area contributed by atoms with Gasteiger partial charge in [-0.2, -0.15) is 0 Å². The van der Waals surface area contributed by atoms with E-state index in [1.807, 2.05) is 20.8 Å². The third kappa shape index (κ3) is 4.50. The summed E-state index contributed by atoms with van der Waals surface area (Å²) < 4.78 is 0. The van der Waals surface area contributed by atoms with Crippen molar-refractivity contribution in [3.8, 4) is 5.75 Å². The minimum absolute atomic E-state index is 0.00110. The fourth-order valence-corrected chi connectivity index (χ4v) is 6.93. The second-order valence-corrected chi connectivity index (χ2v) is 12.7. The van der Waals surface area contributed by atoms with Gasteiger partial charge in [-0.25, -0.2) is 0 Å². The Morgan fingerprint density at radius 1 is 1.10 bits per heavy atom. The molecule has 3 unspecified atom stereocenters. The minimum atomic E-state index is -2.71. The molecule has 0 bridgehead atoms. The maximum Gasteiger partial charge on any atom is 0.255 e. The summed E-state index contributed by atoms with van der Waals surface area (Å²) in [6.45, 7) is 5.70. The summed E-state index contributed by atoms with van der Waals surface area (Å²) in [4.78, 5) is 55.8. The van der Waals surface area contributed by atoms with E-state index in [2.05, 4.69) is 5.32 Å². The minimum Gasteiger partial charge on any atom is -0.510 e. The fourth-order valence-electron chi connectivity index (χ4n) is 6.93. The average Bonchev–Trinajstić information content (AvgIpc) is 2.81. The Labute approximate surface area is 238 Å². The van der Waals surface area contributed by atoms with E-state index in [4.69, 9.17) is 5.73 Å². The van der Waals surface area contributed by atoms with E-state index in [9.17, 15) is 39.6 Å². The Balaban J connectivity index is 1.82. The van der Waals surface area contributed by atoms with E-state index in [1.165, 1.54) is 11.0 Å². The fraction of sp³-hybridized carbons (Fsp3) is 0.517. The molecule has 0 spiro atoms. The van der Waals surface area contributed by atoms with Gasteiger partial charge in [-0.3, -0.25) is 29.0 Å². The van der Waals surface area contributed by atoms with Crippen LogP contribution in [-0.2, 0) is 20.8 Å². The van der Waals surface area contributed by atoms with Crippen LogP contribution in [0.25, 0.3) is 0 Å². The molecule has 7 N–H and O–H groups in total. The van der Waals surface area contributed by atoms with Crippen LogP contribution in [0, 0.1) is 17.3 Å². The van der Waals surface area contributed by atoms with Crippen LogP contribution >= 0.6 is 0 Å². The summed E-state index contributed by atoms with van der Waals surface area (Å²) in [6.07, 6.45) is 0.166. The Morgan fingerprint density at radius 2 is 1.71 bits per heavy atom. The number of primary amides is 1. The number of carbonyl (C=O) groups is 4. The molecule has 0 fully saturated rings. The SMILES string of the molecule is CN(C)C(C(=O)Nc1ccc2c(c1O)C(=O)C1=C(O)[C@]3(O)C(=O)C(C(N)=O)=C(O)[C@@H](N(C)C)C3CC1C2)C(C)(C)C. The number of benzene rings is 1. The summed E-state index contributed by atoms with van der Waals surface area (Å²) in [5, 5.41) is 47.8. The van der Waals surface area contributed by atoms with Gasteiger partial charge in [0.15, 0.2) is 17.1 Å². The van der Waals surface area contributed by atoms with Crippen LogP contribution in [-0.4, -0.2) is 99.5 Å². The van der Waals surface area contributed by atoms with Crippen molar-refractivity contribution in [1.29, 1.82) is 0 Å². The van der Waals surface area contributed by atoms with Crippen LogP contribution in [0.4, 0.5) is 5.69 Å². The first-order valence-corrected chi connectivity index (χ1v) is 13.3. The lowest BCUT2D eigenvalue weighted by Crippen LogP contribution is -2.63. The van der Waals surface area contributed by atoms with Crippen molar-refractivity contribution < 1.29 is 39.6 Å². The number of hydrogen-bond acceptors (Lipinski definition) is 10. The number of nitrogens with zero attached hydrogens (tertiary/aromatic N) is 2. The van der Waals surface area contributed by atoms with Crippen molar-refractivity contribution in [2.45, 2.75) is 51.3 Å². The molecule has 1 aromatic rings. The summed E-state index contributed by atoms with van der Waals surface area (Å²) >= 11 is 0. The van der Waals surface area contributed by atoms with Crippen molar-refractivity contribution >= 4 is 29.1 Å². The highest BCUT2D eigenvalue weighted by Crippen LogP contribution is 2.52. The number of ketones is 2. The number of likely N-dealkylation sites (N-methyl/N-ethyl adjacent to an activating group) is 2. The number of anilines is 1. The van der Waals surface area contributed by atoms with Gasteiger partial charge in [-0.1, -0.05) is 26.8 Å². The third-order valence-corrected chi connectivity index (χ3v) is 8.44. The number of phenolic OH excluding ortho intramolecular Hbond substituents is 1. The summed E-state index contributed by atoms with van der Waals surface area (Å²) in [6, 6.07) is 1.49. The second kappa shape index (κ2) is 9.97. The molecule has 3 aliphatic carbocycles. The number of carbonyl (C=O) groups excluding carboxylic acids is 4. The molecule has 41 heavy (non-hydrogen) atoms. The van der Waals surface area contributed by atoms with Gasteiger partial charge < -0.3 is 31.5 Å². The number of aliphatic hydroxyl groups excluding tert-OH is 2. The number of Topliss-reactive ketones (excluding diaryl/α,β-unsaturated/α-hetero) is 2. The predicted molar refractivity (Wildman–Crippen MR) is 149 cm³/mol. The standard InChI is InChI=1S/C29H38N4O8/c1-28(2,3)23(33(6)7)27(40)31-15-9-8-12-10-13-11-14-19(32(4)5)22(36)18(26(30)39)25(38)29(14,41)24(37)17(13)21(35)16(12)20(15)34/h8-9,13-14,19,23,34,36-37,41H,10-11H2,1-7H3,(H2,30,39)(H,31,40)/t13?,14?,19-,23?,29-/m0/s1. The zero-order valence-electron chi connectivity index (χ0n) is 24.3. The third-order valence-electron chi connectivity index (χ3n) is 8.44. The van der Waals surface area contributed by atoms with Gasteiger partial charge >= 0.3 is 0 Å². The molecule has 0 saturated heterocycles. The predicted octanol–water partition coefficient (Wildman–Crippen LogP) is 1.04. The Morgan fingerprint density at radius 3 is 2.22 bits per heavy atom.